The number of aromatic amines is 1. The van der Waals surface area contributed by atoms with Crippen molar-refractivity contribution in [2.75, 3.05) is 11.9 Å². The largest absolute Gasteiger partial charge is 0.384 e. The molecule has 2 N–H and O–H groups in total. The molecule has 3 nitrogen and oxygen atoms in total. The van der Waals surface area contributed by atoms with E-state index < -0.39 is 0 Å². The van der Waals surface area contributed by atoms with Gasteiger partial charge in [0.25, 0.3) is 0 Å². The molecule has 1 aromatic heterocycles. The standard InChI is InChI=1S/C11H11N3/c1-2-10-8(3-4-12-10)7-9(1)11-13-5-6-14-11/h1-2,5-7,12H,3-4H2,(H,13,14). The Labute approximate surface area is 82.2 Å². The number of fused-ring (bicyclic) bond motifs is 1. The van der Waals surface area contributed by atoms with Crippen molar-refractivity contribution in [2.24, 2.45) is 0 Å². The molecule has 2 heterocycles. The lowest BCUT2D eigenvalue weighted by molar-refractivity contribution is 1.11. The SMILES string of the molecule is c1c[nH]c(-c2ccc3c(c2)CCN3)n1. The summed E-state index contributed by atoms with van der Waals surface area (Å²) in [4.78, 5) is 7.35. The number of nitrogens with zero attached hydrogens (tertiary/aromatic N) is 1. The van der Waals surface area contributed by atoms with Gasteiger partial charge in [0.1, 0.15) is 5.82 Å². The summed E-state index contributed by atoms with van der Waals surface area (Å²) in [5, 5.41) is 3.34. The summed E-state index contributed by atoms with van der Waals surface area (Å²) in [6.07, 6.45) is 4.74. The first kappa shape index (κ1) is 7.62. The van der Waals surface area contributed by atoms with E-state index in [2.05, 4.69) is 33.5 Å². The van der Waals surface area contributed by atoms with Crippen molar-refractivity contribution in [1.82, 2.24) is 9.97 Å². The van der Waals surface area contributed by atoms with E-state index >= 15 is 0 Å². The quantitative estimate of drug-likeness (QED) is 0.713. The average molecular weight is 185 g/mol. The summed E-state index contributed by atoms with van der Waals surface area (Å²) in [6, 6.07) is 6.42. The Kier molecular flexibility index (Phi) is 1.56. The minimum absolute atomic E-state index is 0.944. The Morgan fingerprint density at radius 2 is 2.29 bits per heavy atom. The Morgan fingerprint density at radius 1 is 1.29 bits per heavy atom. The summed E-state index contributed by atoms with van der Waals surface area (Å²) in [7, 11) is 0. The van der Waals surface area contributed by atoms with Crippen LogP contribution in [0.2, 0.25) is 0 Å². The maximum Gasteiger partial charge on any atom is 0.137 e. The highest BCUT2D eigenvalue weighted by molar-refractivity contribution is 5.65. The predicted octanol–water partition coefficient (Wildman–Crippen LogP) is 2.04. The summed E-state index contributed by atoms with van der Waals surface area (Å²) >= 11 is 0. The van der Waals surface area contributed by atoms with Crippen molar-refractivity contribution in [3.05, 3.63) is 36.2 Å². The first-order chi connectivity index (χ1) is 6.93. The summed E-state index contributed by atoms with van der Waals surface area (Å²) in [5.74, 6) is 0.944. The Morgan fingerprint density at radius 3 is 3.14 bits per heavy atom. The predicted molar refractivity (Wildman–Crippen MR) is 56.2 cm³/mol. The lowest BCUT2D eigenvalue weighted by Crippen LogP contribution is -1.90. The zero-order valence-electron chi connectivity index (χ0n) is 7.75. The fourth-order valence-electron chi connectivity index (χ4n) is 1.88. The second kappa shape index (κ2) is 2.87. The van der Waals surface area contributed by atoms with Gasteiger partial charge in [-0.1, -0.05) is 0 Å². The van der Waals surface area contributed by atoms with Crippen molar-refractivity contribution in [3.63, 3.8) is 0 Å². The van der Waals surface area contributed by atoms with Crippen molar-refractivity contribution < 1.29 is 0 Å². The second-order valence-electron chi connectivity index (χ2n) is 3.49. The van der Waals surface area contributed by atoms with E-state index in [1.807, 2.05) is 6.20 Å². The van der Waals surface area contributed by atoms with Gasteiger partial charge in [0, 0.05) is 30.2 Å². The van der Waals surface area contributed by atoms with Crippen LogP contribution >= 0.6 is 0 Å². The number of rotatable bonds is 1. The number of benzene rings is 1. The molecule has 0 amide bonds. The van der Waals surface area contributed by atoms with E-state index in [-0.39, 0.29) is 0 Å². The van der Waals surface area contributed by atoms with Crippen LogP contribution in [0, 0.1) is 0 Å². The smallest absolute Gasteiger partial charge is 0.137 e. The number of hydrogen-bond acceptors (Lipinski definition) is 2. The molecule has 0 spiro atoms. The maximum atomic E-state index is 4.24. The molecular weight excluding hydrogens is 174 g/mol. The number of anilines is 1. The van der Waals surface area contributed by atoms with E-state index in [1.165, 1.54) is 11.3 Å². The number of H-pyrrole nitrogens is 1. The van der Waals surface area contributed by atoms with Crippen LogP contribution in [0.3, 0.4) is 0 Å². The summed E-state index contributed by atoms with van der Waals surface area (Å²) in [5.41, 5.74) is 3.82. The molecule has 14 heavy (non-hydrogen) atoms. The highest BCUT2D eigenvalue weighted by atomic mass is 14.9. The van der Waals surface area contributed by atoms with Gasteiger partial charge in [-0.05, 0) is 30.2 Å². The van der Waals surface area contributed by atoms with Crippen molar-refractivity contribution >= 4 is 5.69 Å². The monoisotopic (exact) mass is 185 g/mol. The van der Waals surface area contributed by atoms with E-state index in [0.717, 1.165) is 24.4 Å². The van der Waals surface area contributed by atoms with Crippen LogP contribution in [0.15, 0.2) is 30.6 Å². The number of hydrogen-bond donors (Lipinski definition) is 2. The van der Waals surface area contributed by atoms with Crippen molar-refractivity contribution in [1.29, 1.82) is 0 Å². The number of imidazole rings is 1. The van der Waals surface area contributed by atoms with E-state index in [4.69, 9.17) is 0 Å². The van der Waals surface area contributed by atoms with E-state index in [1.54, 1.807) is 6.20 Å². The average Bonchev–Trinajstić information content (AvgIpc) is 2.88. The van der Waals surface area contributed by atoms with Gasteiger partial charge in [-0.15, -0.1) is 0 Å². The second-order valence-corrected chi connectivity index (χ2v) is 3.49. The highest BCUT2D eigenvalue weighted by Crippen LogP contribution is 2.26. The Balaban J connectivity index is 2.09. The summed E-state index contributed by atoms with van der Waals surface area (Å²) in [6.45, 7) is 1.05. The van der Waals surface area contributed by atoms with Crippen LogP contribution in [0.1, 0.15) is 5.56 Å². The molecular formula is C11H11N3. The number of nitrogens with one attached hydrogen (secondary N) is 2. The van der Waals surface area contributed by atoms with E-state index in [0.29, 0.717) is 0 Å². The van der Waals surface area contributed by atoms with Gasteiger partial charge in [-0.2, -0.15) is 0 Å². The molecule has 70 valence electrons. The molecule has 2 aromatic rings. The molecule has 0 fully saturated rings. The van der Waals surface area contributed by atoms with Gasteiger partial charge in [0.05, 0.1) is 0 Å². The fraction of sp³-hybridized carbons (Fsp3) is 0.182. The van der Waals surface area contributed by atoms with Crippen LogP contribution in [0.5, 0.6) is 0 Å². The fourth-order valence-corrected chi connectivity index (χ4v) is 1.88. The van der Waals surface area contributed by atoms with Gasteiger partial charge in [-0.3, -0.25) is 0 Å². The molecule has 0 atom stereocenters. The van der Waals surface area contributed by atoms with Crippen LogP contribution in [-0.4, -0.2) is 16.5 Å². The Bertz CT molecular complexity index is 446. The molecule has 0 saturated carbocycles. The van der Waals surface area contributed by atoms with Crippen molar-refractivity contribution in [2.45, 2.75) is 6.42 Å². The van der Waals surface area contributed by atoms with Crippen LogP contribution < -0.4 is 5.32 Å². The van der Waals surface area contributed by atoms with Gasteiger partial charge < -0.3 is 10.3 Å². The van der Waals surface area contributed by atoms with Gasteiger partial charge in [0.15, 0.2) is 0 Å². The third-order valence-corrected chi connectivity index (χ3v) is 2.59. The number of aromatic nitrogens is 2. The normalized spacial score (nSPS) is 13.7. The maximum absolute atomic E-state index is 4.24. The zero-order valence-corrected chi connectivity index (χ0v) is 7.75. The first-order valence-corrected chi connectivity index (χ1v) is 4.80. The molecule has 1 aliphatic heterocycles. The van der Waals surface area contributed by atoms with Crippen LogP contribution in [0.4, 0.5) is 5.69 Å². The Hall–Kier alpha value is -1.77. The highest BCUT2D eigenvalue weighted by Gasteiger charge is 2.10. The third kappa shape index (κ3) is 1.09. The molecule has 3 rings (SSSR count). The molecule has 1 aliphatic rings. The van der Waals surface area contributed by atoms with Gasteiger partial charge >= 0.3 is 0 Å². The van der Waals surface area contributed by atoms with E-state index in [9.17, 15) is 0 Å². The molecule has 3 heteroatoms. The lowest BCUT2D eigenvalue weighted by atomic mass is 10.1. The molecule has 0 aliphatic carbocycles. The minimum atomic E-state index is 0.944. The minimum Gasteiger partial charge on any atom is -0.384 e. The molecule has 0 unspecified atom stereocenters. The molecule has 0 bridgehead atoms. The van der Waals surface area contributed by atoms with Gasteiger partial charge in [-0.25, -0.2) is 4.98 Å². The molecule has 0 saturated heterocycles. The zero-order chi connectivity index (χ0) is 9.38. The summed E-state index contributed by atoms with van der Waals surface area (Å²) < 4.78 is 0. The van der Waals surface area contributed by atoms with Gasteiger partial charge in [0.2, 0.25) is 0 Å². The van der Waals surface area contributed by atoms with Crippen LogP contribution in [0.25, 0.3) is 11.4 Å². The molecule has 1 aromatic carbocycles. The molecule has 0 radical (unpaired) electrons. The van der Waals surface area contributed by atoms with Crippen molar-refractivity contribution in [3.8, 4) is 11.4 Å². The third-order valence-electron chi connectivity index (χ3n) is 2.59. The van der Waals surface area contributed by atoms with Crippen LogP contribution in [-0.2, 0) is 6.42 Å². The topological polar surface area (TPSA) is 40.7 Å². The first-order valence-electron chi connectivity index (χ1n) is 4.80. The lowest BCUT2D eigenvalue weighted by Gasteiger charge is -2.01.